The van der Waals surface area contributed by atoms with Crippen molar-refractivity contribution in [1.82, 2.24) is 5.01 Å². The fraction of sp³-hybridized carbons (Fsp3) is 0.160. The van der Waals surface area contributed by atoms with Gasteiger partial charge in [0, 0.05) is 27.0 Å². The van der Waals surface area contributed by atoms with E-state index in [4.69, 9.17) is 26.2 Å². The Morgan fingerprint density at radius 1 is 1.13 bits per heavy atom. The molecule has 0 saturated carbocycles. The molecule has 2 aliphatic heterocycles. The normalized spacial score (nSPS) is 19.2. The molecule has 0 fully saturated rings. The molecule has 0 aliphatic carbocycles. The van der Waals surface area contributed by atoms with Gasteiger partial charge in [-0.15, -0.1) is 0 Å². The molecule has 3 aromatic rings. The third-order valence-electron chi connectivity index (χ3n) is 5.46. The molecule has 0 aromatic heterocycles. The van der Waals surface area contributed by atoms with Crippen LogP contribution in [0.25, 0.3) is 0 Å². The maximum absolute atomic E-state index is 6.40. The van der Waals surface area contributed by atoms with Crippen LogP contribution in [0.4, 0.5) is 0 Å². The maximum Gasteiger partial charge on any atom is 0.213 e. The third kappa shape index (κ3) is 3.95. The molecule has 3 aromatic carbocycles. The number of rotatable bonds is 5. The molecule has 0 bridgehead atoms. The second-order valence-electron chi connectivity index (χ2n) is 7.47. The van der Waals surface area contributed by atoms with Gasteiger partial charge in [-0.25, -0.2) is 5.01 Å². The molecule has 4 nitrogen and oxygen atoms in total. The first-order chi connectivity index (χ1) is 15.1. The predicted molar refractivity (Wildman–Crippen MR) is 127 cm³/mol. The summed E-state index contributed by atoms with van der Waals surface area (Å²) < 4.78 is 13.0. The van der Waals surface area contributed by atoms with E-state index in [0.717, 1.165) is 44.8 Å². The quantitative estimate of drug-likeness (QED) is 0.361. The zero-order valence-electron chi connectivity index (χ0n) is 16.7. The van der Waals surface area contributed by atoms with E-state index in [9.17, 15) is 0 Å². The highest BCUT2D eigenvalue weighted by Gasteiger charge is 2.41. The van der Waals surface area contributed by atoms with Crippen LogP contribution in [-0.4, -0.2) is 17.3 Å². The molecule has 0 unspecified atom stereocenters. The second-order valence-corrected chi connectivity index (χ2v) is 8.83. The van der Waals surface area contributed by atoms with Crippen molar-refractivity contribution < 1.29 is 9.47 Å². The first-order valence-electron chi connectivity index (χ1n) is 10.0. The molecular weight excluding hydrogens is 476 g/mol. The standard InChI is InChI=1S/C25H20BrClN2O2/c1-2-13-30-20-10-5-16(6-11-20)22-15-23-21-14-18(26)7-12-24(21)31-25(29(23)28-22)17-3-8-19(27)9-4-17/h2-12,14,23,25H,1,13,15H2/t23-,25-/m0/s1. The van der Waals surface area contributed by atoms with Crippen molar-refractivity contribution in [2.75, 3.05) is 6.61 Å². The molecule has 2 aliphatic rings. The van der Waals surface area contributed by atoms with Gasteiger partial charge in [-0.05, 0) is 60.2 Å². The van der Waals surface area contributed by atoms with Crippen LogP contribution >= 0.6 is 27.5 Å². The first-order valence-corrected chi connectivity index (χ1v) is 11.2. The van der Waals surface area contributed by atoms with Gasteiger partial charge in [0.05, 0.1) is 11.8 Å². The van der Waals surface area contributed by atoms with Gasteiger partial charge in [-0.2, -0.15) is 5.10 Å². The van der Waals surface area contributed by atoms with Crippen LogP contribution in [0.15, 0.2) is 89.0 Å². The van der Waals surface area contributed by atoms with Crippen molar-refractivity contribution in [2.45, 2.75) is 18.7 Å². The number of ether oxygens (including phenoxy) is 2. The SMILES string of the molecule is C=CCOc1ccc(C2=NN3[C@@H](C2)c2cc(Br)ccc2O[C@H]3c2ccc(Cl)cc2)cc1. The van der Waals surface area contributed by atoms with E-state index >= 15 is 0 Å². The van der Waals surface area contributed by atoms with Crippen LogP contribution in [0.5, 0.6) is 11.5 Å². The van der Waals surface area contributed by atoms with Crippen LogP contribution in [0, 0.1) is 0 Å². The van der Waals surface area contributed by atoms with E-state index in [1.165, 1.54) is 0 Å². The topological polar surface area (TPSA) is 34.1 Å². The van der Waals surface area contributed by atoms with Crippen molar-refractivity contribution >= 4 is 33.2 Å². The van der Waals surface area contributed by atoms with E-state index in [2.05, 4.69) is 45.7 Å². The van der Waals surface area contributed by atoms with E-state index in [0.29, 0.717) is 11.6 Å². The minimum Gasteiger partial charge on any atom is -0.490 e. The predicted octanol–water partition coefficient (Wildman–Crippen LogP) is 6.91. The molecule has 0 N–H and O–H groups in total. The molecular formula is C25H20BrClN2O2. The van der Waals surface area contributed by atoms with E-state index in [-0.39, 0.29) is 12.3 Å². The van der Waals surface area contributed by atoms with Gasteiger partial charge in [0.2, 0.25) is 6.23 Å². The lowest BCUT2D eigenvalue weighted by Crippen LogP contribution is -2.33. The Morgan fingerprint density at radius 2 is 1.90 bits per heavy atom. The summed E-state index contributed by atoms with van der Waals surface area (Å²) in [5, 5.41) is 7.76. The van der Waals surface area contributed by atoms with Crippen LogP contribution in [-0.2, 0) is 0 Å². The Hall–Kier alpha value is -2.76. The average molecular weight is 496 g/mol. The summed E-state index contributed by atoms with van der Waals surface area (Å²) in [5.41, 5.74) is 4.24. The minimum atomic E-state index is -0.316. The average Bonchev–Trinajstić information content (AvgIpc) is 3.24. The highest BCUT2D eigenvalue weighted by Crippen LogP contribution is 2.48. The highest BCUT2D eigenvalue weighted by atomic mass is 79.9. The van der Waals surface area contributed by atoms with Crippen molar-refractivity contribution in [3.8, 4) is 11.5 Å². The Bertz CT molecular complexity index is 1150. The van der Waals surface area contributed by atoms with Gasteiger partial charge >= 0.3 is 0 Å². The molecule has 0 saturated heterocycles. The zero-order chi connectivity index (χ0) is 21.4. The highest BCUT2D eigenvalue weighted by molar-refractivity contribution is 9.10. The number of hydrogen-bond donors (Lipinski definition) is 0. The Kier molecular flexibility index (Phi) is 5.47. The zero-order valence-corrected chi connectivity index (χ0v) is 19.0. The number of hydrazone groups is 1. The smallest absolute Gasteiger partial charge is 0.213 e. The molecule has 2 heterocycles. The first kappa shape index (κ1) is 20.2. The number of nitrogens with zero attached hydrogens (tertiary/aromatic N) is 2. The van der Waals surface area contributed by atoms with Gasteiger partial charge in [0.1, 0.15) is 18.1 Å². The van der Waals surface area contributed by atoms with E-state index in [1.54, 1.807) is 6.08 Å². The molecule has 0 spiro atoms. The lowest BCUT2D eigenvalue weighted by Gasteiger charge is -2.38. The second kappa shape index (κ2) is 8.40. The van der Waals surface area contributed by atoms with E-state index < -0.39 is 0 Å². The number of hydrogen-bond acceptors (Lipinski definition) is 4. The summed E-state index contributed by atoms with van der Waals surface area (Å²) in [6.07, 6.45) is 2.21. The molecule has 31 heavy (non-hydrogen) atoms. The van der Waals surface area contributed by atoms with Crippen molar-refractivity contribution in [3.05, 3.63) is 106 Å². The maximum atomic E-state index is 6.40. The Labute approximate surface area is 194 Å². The van der Waals surface area contributed by atoms with Gasteiger partial charge < -0.3 is 9.47 Å². The van der Waals surface area contributed by atoms with Crippen LogP contribution in [0.1, 0.15) is 35.4 Å². The van der Waals surface area contributed by atoms with E-state index in [1.807, 2.05) is 48.5 Å². The summed E-state index contributed by atoms with van der Waals surface area (Å²) in [4.78, 5) is 0. The summed E-state index contributed by atoms with van der Waals surface area (Å²) in [7, 11) is 0. The third-order valence-corrected chi connectivity index (χ3v) is 6.21. The Morgan fingerprint density at radius 3 is 2.65 bits per heavy atom. The fourth-order valence-corrected chi connectivity index (χ4v) is 4.48. The van der Waals surface area contributed by atoms with Crippen molar-refractivity contribution in [2.24, 2.45) is 5.10 Å². The van der Waals surface area contributed by atoms with Gasteiger partial charge in [-0.1, -0.05) is 52.3 Å². The molecule has 6 heteroatoms. The van der Waals surface area contributed by atoms with Crippen LogP contribution in [0.2, 0.25) is 5.02 Å². The summed E-state index contributed by atoms with van der Waals surface area (Å²) in [6.45, 7) is 4.17. The van der Waals surface area contributed by atoms with Crippen molar-refractivity contribution in [3.63, 3.8) is 0 Å². The van der Waals surface area contributed by atoms with Gasteiger partial charge in [-0.3, -0.25) is 0 Å². The fourth-order valence-electron chi connectivity index (χ4n) is 3.98. The summed E-state index contributed by atoms with van der Waals surface area (Å²) >= 11 is 9.70. The van der Waals surface area contributed by atoms with Crippen molar-refractivity contribution in [1.29, 1.82) is 0 Å². The number of fused-ring (bicyclic) bond motifs is 3. The Balaban J connectivity index is 1.51. The number of halogens is 2. The van der Waals surface area contributed by atoms with Gasteiger partial charge in [0.25, 0.3) is 0 Å². The number of benzene rings is 3. The van der Waals surface area contributed by atoms with Gasteiger partial charge in [0.15, 0.2) is 0 Å². The monoisotopic (exact) mass is 494 g/mol. The van der Waals surface area contributed by atoms with Crippen LogP contribution < -0.4 is 9.47 Å². The van der Waals surface area contributed by atoms with Crippen LogP contribution in [0.3, 0.4) is 0 Å². The molecule has 5 rings (SSSR count). The minimum absolute atomic E-state index is 0.0913. The molecule has 0 radical (unpaired) electrons. The largest absolute Gasteiger partial charge is 0.490 e. The summed E-state index contributed by atoms with van der Waals surface area (Å²) in [5.74, 6) is 1.70. The lowest BCUT2D eigenvalue weighted by atomic mass is 9.96. The molecule has 2 atom stereocenters. The molecule has 0 amide bonds. The lowest BCUT2D eigenvalue weighted by molar-refractivity contribution is -0.0190. The molecule has 156 valence electrons. The summed E-state index contributed by atoms with van der Waals surface area (Å²) in [6, 6.07) is 22.0.